The van der Waals surface area contributed by atoms with Crippen molar-refractivity contribution < 1.29 is 18.7 Å². The molecule has 0 bridgehead atoms. The first-order valence-corrected chi connectivity index (χ1v) is 7.44. The van der Waals surface area contributed by atoms with E-state index in [0.717, 1.165) is 18.6 Å². The lowest BCUT2D eigenvalue weighted by Gasteiger charge is -2.09. The van der Waals surface area contributed by atoms with Crippen molar-refractivity contribution in [1.82, 2.24) is 5.32 Å². The van der Waals surface area contributed by atoms with Crippen molar-refractivity contribution in [3.05, 3.63) is 47.9 Å². The van der Waals surface area contributed by atoms with Crippen molar-refractivity contribution in [2.45, 2.75) is 19.4 Å². The second kappa shape index (κ2) is 5.09. The van der Waals surface area contributed by atoms with Crippen LogP contribution in [0.2, 0.25) is 0 Å². The Labute approximate surface area is 128 Å². The molecule has 114 valence electrons. The van der Waals surface area contributed by atoms with E-state index >= 15 is 0 Å². The summed E-state index contributed by atoms with van der Waals surface area (Å²) in [6, 6.07) is 8.92. The first-order valence-electron chi connectivity index (χ1n) is 7.44. The summed E-state index contributed by atoms with van der Waals surface area (Å²) in [5.74, 6) is 1.92. The summed E-state index contributed by atoms with van der Waals surface area (Å²) in [7, 11) is 0. The van der Waals surface area contributed by atoms with Crippen LogP contribution in [0.25, 0.3) is 0 Å². The Kier molecular flexibility index (Phi) is 3.06. The average Bonchev–Trinajstić information content (AvgIpc) is 3.18. The van der Waals surface area contributed by atoms with Crippen LogP contribution < -0.4 is 14.8 Å². The molecule has 1 aromatic carbocycles. The molecule has 1 aliphatic heterocycles. The highest BCUT2D eigenvalue weighted by Gasteiger charge is 2.46. The molecule has 5 heteroatoms. The lowest BCUT2D eigenvalue weighted by molar-refractivity contribution is 0.0947. The Bertz CT molecular complexity index is 689. The van der Waals surface area contributed by atoms with Gasteiger partial charge in [0.25, 0.3) is 5.91 Å². The van der Waals surface area contributed by atoms with Gasteiger partial charge in [-0.15, -0.1) is 0 Å². The number of hydrogen-bond donors (Lipinski definition) is 1. The molecule has 1 N–H and O–H groups in total. The molecule has 0 atom stereocenters. The van der Waals surface area contributed by atoms with Crippen molar-refractivity contribution in [2.24, 2.45) is 5.41 Å². The maximum atomic E-state index is 12.2. The van der Waals surface area contributed by atoms with Gasteiger partial charge < -0.3 is 19.2 Å². The van der Waals surface area contributed by atoms with Gasteiger partial charge in [0.15, 0.2) is 11.5 Å². The van der Waals surface area contributed by atoms with E-state index in [1.165, 1.54) is 0 Å². The van der Waals surface area contributed by atoms with Crippen LogP contribution in [0.3, 0.4) is 0 Å². The third-order valence-corrected chi connectivity index (χ3v) is 4.23. The highest BCUT2D eigenvalue weighted by Crippen LogP contribution is 2.49. The number of nitrogens with one attached hydrogen (secondary N) is 1. The molecule has 2 aromatic rings. The maximum absolute atomic E-state index is 12.2. The molecular weight excluding hydrogens is 282 g/mol. The van der Waals surface area contributed by atoms with Gasteiger partial charge in [0.2, 0.25) is 0 Å². The molecule has 4 rings (SSSR count). The number of carbonyl (C=O) groups is 1. The van der Waals surface area contributed by atoms with Gasteiger partial charge in [-0.3, -0.25) is 4.79 Å². The van der Waals surface area contributed by atoms with Crippen molar-refractivity contribution in [1.29, 1.82) is 0 Å². The highest BCUT2D eigenvalue weighted by molar-refractivity contribution is 5.94. The average molecular weight is 299 g/mol. The zero-order valence-electron chi connectivity index (χ0n) is 12.1. The SMILES string of the molecule is O=C(NCc1ccco1)c1ccc2c(c1)OCC1(CC1)CO2. The van der Waals surface area contributed by atoms with Crippen LogP contribution in [0.4, 0.5) is 0 Å². The van der Waals surface area contributed by atoms with Gasteiger partial charge in [0.1, 0.15) is 5.76 Å². The van der Waals surface area contributed by atoms with Crippen LogP contribution in [0.15, 0.2) is 41.0 Å². The molecule has 22 heavy (non-hydrogen) atoms. The third kappa shape index (κ3) is 2.54. The van der Waals surface area contributed by atoms with Gasteiger partial charge in [-0.1, -0.05) is 0 Å². The minimum Gasteiger partial charge on any atom is -0.489 e. The number of benzene rings is 1. The first-order chi connectivity index (χ1) is 10.7. The van der Waals surface area contributed by atoms with Crippen LogP contribution in [-0.2, 0) is 6.54 Å². The molecule has 1 aliphatic carbocycles. The summed E-state index contributed by atoms with van der Waals surface area (Å²) in [5, 5.41) is 2.82. The number of carbonyl (C=O) groups excluding carboxylic acids is 1. The fourth-order valence-corrected chi connectivity index (χ4v) is 2.53. The van der Waals surface area contributed by atoms with E-state index in [-0.39, 0.29) is 11.3 Å². The lowest BCUT2D eigenvalue weighted by Crippen LogP contribution is -2.22. The fourth-order valence-electron chi connectivity index (χ4n) is 2.53. The summed E-state index contributed by atoms with van der Waals surface area (Å²) < 4.78 is 16.8. The Morgan fingerprint density at radius 2 is 1.95 bits per heavy atom. The lowest BCUT2D eigenvalue weighted by atomic mass is 10.1. The Morgan fingerprint density at radius 3 is 2.68 bits per heavy atom. The highest BCUT2D eigenvalue weighted by atomic mass is 16.5. The van der Waals surface area contributed by atoms with Crippen molar-refractivity contribution in [2.75, 3.05) is 13.2 Å². The Balaban J connectivity index is 1.46. The van der Waals surface area contributed by atoms with E-state index in [0.29, 0.717) is 36.8 Å². The first kappa shape index (κ1) is 13.2. The molecule has 2 heterocycles. The smallest absolute Gasteiger partial charge is 0.251 e. The fraction of sp³-hybridized carbons (Fsp3) is 0.353. The number of amides is 1. The normalized spacial score (nSPS) is 17.8. The van der Waals surface area contributed by atoms with Gasteiger partial charge in [0, 0.05) is 11.0 Å². The summed E-state index contributed by atoms with van der Waals surface area (Å²) in [6.45, 7) is 1.73. The van der Waals surface area contributed by atoms with Gasteiger partial charge in [-0.2, -0.15) is 0 Å². The molecule has 1 amide bonds. The second-order valence-electron chi connectivity index (χ2n) is 6.00. The van der Waals surface area contributed by atoms with Crippen molar-refractivity contribution in [3.63, 3.8) is 0 Å². The zero-order valence-corrected chi connectivity index (χ0v) is 12.1. The molecule has 5 nitrogen and oxygen atoms in total. The molecule has 2 aliphatic rings. The van der Waals surface area contributed by atoms with E-state index in [9.17, 15) is 4.79 Å². The van der Waals surface area contributed by atoms with Gasteiger partial charge in [-0.25, -0.2) is 0 Å². The molecule has 1 fully saturated rings. The number of fused-ring (bicyclic) bond motifs is 1. The van der Waals surface area contributed by atoms with E-state index in [1.54, 1.807) is 30.5 Å². The van der Waals surface area contributed by atoms with Crippen LogP contribution in [0, 0.1) is 5.41 Å². The number of furan rings is 1. The largest absolute Gasteiger partial charge is 0.489 e. The van der Waals surface area contributed by atoms with Crippen molar-refractivity contribution in [3.8, 4) is 11.5 Å². The summed E-state index contributed by atoms with van der Waals surface area (Å²) in [5.41, 5.74) is 0.751. The third-order valence-electron chi connectivity index (χ3n) is 4.23. The maximum Gasteiger partial charge on any atom is 0.251 e. The molecule has 0 saturated heterocycles. The number of ether oxygens (including phenoxy) is 2. The number of hydrogen-bond acceptors (Lipinski definition) is 4. The molecule has 0 radical (unpaired) electrons. The Hall–Kier alpha value is -2.43. The van der Waals surface area contributed by atoms with Gasteiger partial charge >= 0.3 is 0 Å². The van der Waals surface area contributed by atoms with Crippen LogP contribution in [0.5, 0.6) is 11.5 Å². The van der Waals surface area contributed by atoms with E-state index in [4.69, 9.17) is 13.9 Å². The quantitative estimate of drug-likeness (QED) is 0.946. The van der Waals surface area contributed by atoms with Gasteiger partial charge in [0.05, 0.1) is 26.0 Å². The summed E-state index contributed by atoms with van der Waals surface area (Å²) >= 11 is 0. The molecule has 1 spiro atoms. The minimum atomic E-state index is -0.159. The topological polar surface area (TPSA) is 60.7 Å². The molecule has 0 unspecified atom stereocenters. The van der Waals surface area contributed by atoms with E-state index in [2.05, 4.69) is 5.32 Å². The van der Waals surface area contributed by atoms with E-state index in [1.807, 2.05) is 6.07 Å². The predicted octanol–water partition coefficient (Wildman–Crippen LogP) is 2.76. The summed E-state index contributed by atoms with van der Waals surface area (Å²) in [4.78, 5) is 12.2. The number of rotatable bonds is 3. The van der Waals surface area contributed by atoms with Crippen LogP contribution >= 0.6 is 0 Å². The minimum absolute atomic E-state index is 0.159. The Morgan fingerprint density at radius 1 is 1.14 bits per heavy atom. The van der Waals surface area contributed by atoms with Crippen molar-refractivity contribution >= 4 is 5.91 Å². The predicted molar refractivity (Wildman–Crippen MR) is 79.0 cm³/mol. The van der Waals surface area contributed by atoms with E-state index < -0.39 is 0 Å². The molecule has 1 saturated carbocycles. The standard InChI is InChI=1S/C17H17NO4/c19-16(18-9-13-2-1-7-20-13)12-3-4-14-15(8-12)22-11-17(5-6-17)10-21-14/h1-4,7-8H,5-6,9-11H2,(H,18,19). The monoisotopic (exact) mass is 299 g/mol. The van der Waals surface area contributed by atoms with Crippen LogP contribution in [0.1, 0.15) is 29.0 Å². The van der Waals surface area contributed by atoms with Gasteiger partial charge in [-0.05, 0) is 43.2 Å². The zero-order chi connectivity index (χ0) is 15.0. The van der Waals surface area contributed by atoms with Crippen LogP contribution in [-0.4, -0.2) is 19.1 Å². The summed E-state index contributed by atoms with van der Waals surface area (Å²) in [6.07, 6.45) is 3.89. The molecular formula is C17H17NO4. The molecule has 1 aromatic heterocycles. The second-order valence-corrected chi connectivity index (χ2v) is 6.00.